The first-order valence-corrected chi connectivity index (χ1v) is 15.9. The lowest BCUT2D eigenvalue weighted by Gasteiger charge is -2.46. The lowest BCUT2D eigenvalue weighted by molar-refractivity contribution is -0.177. The van der Waals surface area contributed by atoms with Crippen molar-refractivity contribution >= 4 is 24.6 Å². The third kappa shape index (κ3) is 10.1. The van der Waals surface area contributed by atoms with Crippen LogP contribution in [0.4, 0.5) is 5.82 Å². The highest BCUT2D eigenvalue weighted by Crippen LogP contribution is 2.49. The zero-order valence-electron chi connectivity index (χ0n) is 25.8. The summed E-state index contributed by atoms with van der Waals surface area (Å²) < 4.78 is 33.3. The maximum Gasteiger partial charge on any atom is 0.354 e. The number of ether oxygens (including phenoxy) is 2. The Balaban J connectivity index is 2.01. The van der Waals surface area contributed by atoms with E-state index in [0.717, 1.165) is 32.1 Å². The first-order chi connectivity index (χ1) is 17.9. The van der Waals surface area contributed by atoms with Crippen molar-refractivity contribution in [1.82, 2.24) is 19.5 Å². The highest BCUT2D eigenvalue weighted by molar-refractivity contribution is 7.52. The molecule has 10 nitrogen and oxygen atoms in total. The summed E-state index contributed by atoms with van der Waals surface area (Å²) >= 11 is 0. The Morgan fingerprint density at radius 2 is 1.64 bits per heavy atom. The Labute approximate surface area is 235 Å². The number of imidazole rings is 1. The summed E-state index contributed by atoms with van der Waals surface area (Å²) in [4.78, 5) is 23.1. The van der Waals surface area contributed by atoms with Gasteiger partial charge in [0.25, 0.3) is 0 Å². The molecule has 11 heteroatoms. The molecule has 0 amide bonds. The van der Waals surface area contributed by atoms with Gasteiger partial charge in [-0.05, 0) is 65.7 Å². The van der Waals surface area contributed by atoms with Gasteiger partial charge in [-0.2, -0.15) is 0 Å². The number of hydrogen-bond donors (Lipinski definition) is 2. The minimum absolute atomic E-state index is 0.164. The SMILES string of the molecule is CCCC(C)(C)CC(C)(CC)OC(C)(CC)CC(C)(C)OP(=O)(O)COC(C)Cn1cnc2c(N)ncnc21. The third-order valence-electron chi connectivity index (χ3n) is 7.36. The highest BCUT2D eigenvalue weighted by atomic mass is 31.2. The van der Waals surface area contributed by atoms with Crippen molar-refractivity contribution in [2.75, 3.05) is 12.1 Å². The Bertz CT molecular complexity index is 1120. The predicted molar refractivity (Wildman–Crippen MR) is 157 cm³/mol. The smallest absolute Gasteiger partial charge is 0.354 e. The first-order valence-electron chi connectivity index (χ1n) is 14.1. The Kier molecular flexibility index (Phi) is 11.2. The van der Waals surface area contributed by atoms with E-state index < -0.39 is 31.2 Å². The molecule has 2 aromatic heterocycles. The van der Waals surface area contributed by atoms with Crippen molar-refractivity contribution in [3.05, 3.63) is 12.7 Å². The second-order valence-electron chi connectivity index (χ2n) is 12.9. The molecule has 39 heavy (non-hydrogen) atoms. The number of rotatable bonds is 17. The normalized spacial score (nSPS) is 18.4. The van der Waals surface area contributed by atoms with Crippen LogP contribution in [0.5, 0.6) is 0 Å². The number of hydrogen-bond acceptors (Lipinski definition) is 8. The van der Waals surface area contributed by atoms with Crippen LogP contribution in [0.25, 0.3) is 11.2 Å². The first kappa shape index (κ1) is 33.6. The molecule has 0 aromatic carbocycles. The molecule has 2 heterocycles. The molecule has 4 unspecified atom stereocenters. The summed E-state index contributed by atoms with van der Waals surface area (Å²) in [7, 11) is -4.06. The van der Waals surface area contributed by atoms with E-state index in [0.29, 0.717) is 29.9 Å². The van der Waals surface area contributed by atoms with Crippen LogP contribution in [0.3, 0.4) is 0 Å². The molecular weight excluding hydrogens is 517 g/mol. The molecule has 0 aliphatic rings. The van der Waals surface area contributed by atoms with Crippen LogP contribution in [0.15, 0.2) is 12.7 Å². The number of nitrogens with two attached hydrogens (primary N) is 1. The summed E-state index contributed by atoms with van der Waals surface area (Å²) in [5, 5.41) is 0. The number of nitrogen functional groups attached to an aromatic ring is 1. The Morgan fingerprint density at radius 3 is 2.23 bits per heavy atom. The van der Waals surface area contributed by atoms with E-state index in [2.05, 4.69) is 63.4 Å². The molecule has 0 radical (unpaired) electrons. The zero-order chi connectivity index (χ0) is 29.7. The lowest BCUT2D eigenvalue weighted by Crippen LogP contribution is -2.46. The molecule has 0 aliphatic carbocycles. The summed E-state index contributed by atoms with van der Waals surface area (Å²) in [6.45, 7) is 21.2. The maximum atomic E-state index is 13.1. The minimum Gasteiger partial charge on any atom is -0.382 e. The maximum absolute atomic E-state index is 13.1. The van der Waals surface area contributed by atoms with Gasteiger partial charge in [0, 0.05) is 6.42 Å². The fraction of sp³-hybridized carbons (Fsp3) is 0.821. The number of fused-ring (bicyclic) bond motifs is 1. The van der Waals surface area contributed by atoms with Crippen molar-refractivity contribution in [3.63, 3.8) is 0 Å². The van der Waals surface area contributed by atoms with Gasteiger partial charge in [0.05, 0.1) is 35.8 Å². The van der Waals surface area contributed by atoms with E-state index in [4.69, 9.17) is 19.7 Å². The topological polar surface area (TPSA) is 135 Å². The molecular formula is C28H52N5O5P. The predicted octanol–water partition coefficient (Wildman–Crippen LogP) is 6.71. The van der Waals surface area contributed by atoms with Gasteiger partial charge in [-0.15, -0.1) is 0 Å². The van der Waals surface area contributed by atoms with E-state index in [1.807, 2.05) is 20.8 Å². The van der Waals surface area contributed by atoms with Crippen LogP contribution in [-0.2, 0) is 25.1 Å². The van der Waals surface area contributed by atoms with E-state index in [1.165, 1.54) is 6.33 Å². The van der Waals surface area contributed by atoms with Gasteiger partial charge in [-0.25, -0.2) is 15.0 Å². The summed E-state index contributed by atoms with van der Waals surface area (Å²) in [5.74, 6) is 0.301. The van der Waals surface area contributed by atoms with Crippen molar-refractivity contribution in [2.24, 2.45) is 5.41 Å². The van der Waals surface area contributed by atoms with Gasteiger partial charge >= 0.3 is 7.60 Å². The third-order valence-corrected chi connectivity index (χ3v) is 8.62. The molecule has 3 N–H and O–H groups in total. The number of aromatic nitrogens is 4. The van der Waals surface area contributed by atoms with Gasteiger partial charge in [-0.3, -0.25) is 4.57 Å². The molecule has 0 aliphatic heterocycles. The van der Waals surface area contributed by atoms with E-state index in [-0.39, 0.29) is 11.0 Å². The average molecular weight is 570 g/mol. The van der Waals surface area contributed by atoms with Crippen molar-refractivity contribution in [3.8, 4) is 0 Å². The van der Waals surface area contributed by atoms with Crippen LogP contribution >= 0.6 is 7.60 Å². The highest BCUT2D eigenvalue weighted by Gasteiger charge is 2.42. The molecule has 0 saturated carbocycles. The van der Waals surface area contributed by atoms with Crippen LogP contribution in [0.1, 0.15) is 108 Å². The number of anilines is 1. The summed E-state index contributed by atoms with van der Waals surface area (Å²) in [6.07, 6.45) is 7.45. The van der Waals surface area contributed by atoms with Crippen LogP contribution in [0.2, 0.25) is 0 Å². The second-order valence-corrected chi connectivity index (χ2v) is 14.6. The van der Waals surface area contributed by atoms with Gasteiger partial charge in [0.1, 0.15) is 18.2 Å². The van der Waals surface area contributed by atoms with Crippen LogP contribution < -0.4 is 5.73 Å². The number of nitrogens with zero attached hydrogens (tertiary/aromatic N) is 4. The minimum atomic E-state index is -4.06. The Morgan fingerprint density at radius 1 is 1.03 bits per heavy atom. The Hall–Kier alpha value is -1.58. The summed E-state index contributed by atoms with van der Waals surface area (Å²) in [6, 6.07) is 0. The van der Waals surface area contributed by atoms with E-state index in [1.54, 1.807) is 10.9 Å². The lowest BCUT2D eigenvalue weighted by atomic mass is 9.76. The van der Waals surface area contributed by atoms with Crippen LogP contribution in [-0.4, -0.2) is 53.7 Å². The fourth-order valence-electron chi connectivity index (χ4n) is 5.77. The van der Waals surface area contributed by atoms with Crippen molar-refractivity contribution < 1.29 is 23.5 Å². The van der Waals surface area contributed by atoms with Crippen LogP contribution in [0, 0.1) is 5.41 Å². The second kappa shape index (κ2) is 12.9. The average Bonchev–Trinajstić information content (AvgIpc) is 3.20. The molecule has 0 bridgehead atoms. The van der Waals surface area contributed by atoms with Crippen molar-refractivity contribution in [2.45, 2.75) is 137 Å². The van der Waals surface area contributed by atoms with E-state index >= 15 is 0 Å². The standard InChI is InChI=1S/C28H52N5O5P/c1-11-14-25(5,6)16-27(9,12-2)37-28(10,13-3)17-26(7,8)38-39(34,35)20-36-21(4)15-33-19-32-22-23(29)30-18-31-24(22)33/h18-19,21H,11-17,20H2,1-10H3,(H,34,35)(H2,29,30,31). The summed E-state index contributed by atoms with van der Waals surface area (Å²) in [5.41, 5.74) is 5.36. The molecule has 4 atom stereocenters. The quantitative estimate of drug-likeness (QED) is 0.199. The van der Waals surface area contributed by atoms with E-state index in [9.17, 15) is 9.46 Å². The van der Waals surface area contributed by atoms with Gasteiger partial charge in [-0.1, -0.05) is 41.0 Å². The molecule has 0 spiro atoms. The fourth-order valence-corrected chi connectivity index (χ4v) is 7.10. The monoisotopic (exact) mass is 569 g/mol. The molecule has 224 valence electrons. The van der Waals surface area contributed by atoms with Gasteiger partial charge < -0.3 is 29.2 Å². The van der Waals surface area contributed by atoms with Gasteiger partial charge in [0.15, 0.2) is 11.5 Å². The van der Waals surface area contributed by atoms with Gasteiger partial charge in [0.2, 0.25) is 0 Å². The van der Waals surface area contributed by atoms with Crippen molar-refractivity contribution in [1.29, 1.82) is 0 Å². The molecule has 2 aromatic rings. The molecule has 0 saturated heterocycles. The molecule has 0 fully saturated rings. The largest absolute Gasteiger partial charge is 0.382 e. The molecule has 2 rings (SSSR count). The zero-order valence-corrected chi connectivity index (χ0v) is 26.7.